The minimum atomic E-state index is -0.189. The maximum atomic E-state index is 12.9. The Labute approximate surface area is 193 Å². The first-order valence-corrected chi connectivity index (χ1v) is 12.8. The molecule has 1 aromatic carbocycles. The van der Waals surface area contributed by atoms with Gasteiger partial charge in [0.2, 0.25) is 11.8 Å². The van der Waals surface area contributed by atoms with Gasteiger partial charge in [0.1, 0.15) is 0 Å². The summed E-state index contributed by atoms with van der Waals surface area (Å²) in [5, 5.41) is 3.09. The van der Waals surface area contributed by atoms with Crippen LogP contribution >= 0.6 is 0 Å². The van der Waals surface area contributed by atoms with Crippen molar-refractivity contribution in [3.63, 3.8) is 0 Å². The predicted octanol–water partition coefficient (Wildman–Crippen LogP) is 4.12. The van der Waals surface area contributed by atoms with Gasteiger partial charge in [-0.2, -0.15) is 0 Å². The Morgan fingerprint density at radius 2 is 1.38 bits per heavy atom. The lowest BCUT2D eigenvalue weighted by Gasteiger charge is -2.36. The van der Waals surface area contributed by atoms with Crippen molar-refractivity contribution in [1.82, 2.24) is 9.80 Å². The molecule has 3 heterocycles. The molecule has 3 saturated heterocycles. The number of hydrogen-bond donors (Lipinski definition) is 1. The minimum absolute atomic E-state index is 0.0352. The van der Waals surface area contributed by atoms with E-state index in [1.807, 2.05) is 19.1 Å². The van der Waals surface area contributed by atoms with Gasteiger partial charge in [-0.05, 0) is 89.2 Å². The van der Waals surface area contributed by atoms with Gasteiger partial charge in [-0.1, -0.05) is 12.8 Å². The number of nitrogens with zero attached hydrogens (tertiary/aromatic N) is 3. The minimum Gasteiger partial charge on any atom is -0.372 e. The monoisotopic (exact) mass is 440 g/mol. The molecule has 6 heteroatoms. The first-order valence-electron chi connectivity index (χ1n) is 12.8. The standard InChI is InChI=1S/C26H40N4O2/c1-21(25(31)27-23-9-11-24(12-10-23)29-15-7-4-8-16-29)28-19-13-22(14-20-28)26(32)30-17-5-2-3-6-18-30/h9-12,21-22H,2-8,13-20H2,1H3,(H,27,31). The average molecular weight is 441 g/mol. The lowest BCUT2D eigenvalue weighted by Crippen LogP contribution is -2.48. The van der Waals surface area contributed by atoms with E-state index in [0.29, 0.717) is 5.91 Å². The van der Waals surface area contributed by atoms with Gasteiger partial charge in [0.05, 0.1) is 6.04 Å². The lowest BCUT2D eigenvalue weighted by atomic mass is 9.94. The Morgan fingerprint density at radius 1 is 0.812 bits per heavy atom. The molecule has 0 spiro atoms. The van der Waals surface area contributed by atoms with Crippen LogP contribution in [0.3, 0.4) is 0 Å². The number of carbonyl (C=O) groups is 2. The van der Waals surface area contributed by atoms with Crippen molar-refractivity contribution in [1.29, 1.82) is 0 Å². The summed E-state index contributed by atoms with van der Waals surface area (Å²) in [5.41, 5.74) is 2.10. The van der Waals surface area contributed by atoms with E-state index in [1.165, 1.54) is 37.8 Å². The number of rotatable bonds is 5. The highest BCUT2D eigenvalue weighted by Gasteiger charge is 2.32. The van der Waals surface area contributed by atoms with Crippen LogP contribution in [0.5, 0.6) is 0 Å². The van der Waals surface area contributed by atoms with Crippen molar-refractivity contribution in [3.8, 4) is 0 Å². The van der Waals surface area contributed by atoms with Gasteiger partial charge in [-0.25, -0.2) is 0 Å². The van der Waals surface area contributed by atoms with Crippen molar-refractivity contribution < 1.29 is 9.59 Å². The molecule has 1 N–H and O–H groups in total. The summed E-state index contributed by atoms with van der Waals surface area (Å²) in [7, 11) is 0. The largest absolute Gasteiger partial charge is 0.372 e. The molecule has 6 nitrogen and oxygen atoms in total. The first-order chi connectivity index (χ1) is 15.6. The van der Waals surface area contributed by atoms with E-state index in [1.54, 1.807) is 0 Å². The molecule has 0 aromatic heterocycles. The van der Waals surface area contributed by atoms with Crippen molar-refractivity contribution >= 4 is 23.2 Å². The Morgan fingerprint density at radius 3 is 2.00 bits per heavy atom. The summed E-state index contributed by atoms with van der Waals surface area (Å²) in [4.78, 5) is 32.5. The van der Waals surface area contributed by atoms with E-state index < -0.39 is 0 Å². The molecule has 176 valence electrons. The van der Waals surface area contributed by atoms with Crippen LogP contribution in [0.2, 0.25) is 0 Å². The van der Waals surface area contributed by atoms with Gasteiger partial charge >= 0.3 is 0 Å². The molecule has 4 rings (SSSR count). The highest BCUT2D eigenvalue weighted by Crippen LogP contribution is 2.25. The van der Waals surface area contributed by atoms with Crippen LogP contribution in [0, 0.1) is 5.92 Å². The molecule has 1 aromatic rings. The molecule has 2 amide bonds. The summed E-state index contributed by atoms with van der Waals surface area (Å²) in [5.74, 6) is 0.507. The van der Waals surface area contributed by atoms with E-state index in [-0.39, 0.29) is 17.9 Å². The second kappa shape index (κ2) is 11.2. The maximum Gasteiger partial charge on any atom is 0.241 e. The molecule has 1 unspecified atom stereocenters. The fraction of sp³-hybridized carbons (Fsp3) is 0.692. The molecular formula is C26H40N4O2. The van der Waals surface area contributed by atoms with Gasteiger partial charge in [-0.15, -0.1) is 0 Å². The number of piperidine rings is 2. The van der Waals surface area contributed by atoms with Gasteiger partial charge < -0.3 is 15.1 Å². The molecule has 0 bridgehead atoms. The summed E-state index contributed by atoms with van der Waals surface area (Å²) in [6.45, 7) is 7.70. The predicted molar refractivity (Wildman–Crippen MR) is 130 cm³/mol. The van der Waals surface area contributed by atoms with Gasteiger partial charge in [0, 0.05) is 43.5 Å². The second-order valence-corrected chi connectivity index (χ2v) is 9.81. The van der Waals surface area contributed by atoms with Crippen LogP contribution < -0.4 is 10.2 Å². The van der Waals surface area contributed by atoms with Crippen LogP contribution in [0.4, 0.5) is 11.4 Å². The zero-order valence-corrected chi connectivity index (χ0v) is 19.7. The zero-order chi connectivity index (χ0) is 22.3. The number of amides is 2. The molecule has 0 aliphatic carbocycles. The van der Waals surface area contributed by atoms with Crippen molar-refractivity contribution in [3.05, 3.63) is 24.3 Å². The van der Waals surface area contributed by atoms with Crippen molar-refractivity contribution in [2.24, 2.45) is 5.92 Å². The molecule has 0 radical (unpaired) electrons. The van der Waals surface area contributed by atoms with Crippen LogP contribution in [0.15, 0.2) is 24.3 Å². The van der Waals surface area contributed by atoms with Crippen LogP contribution in [0.1, 0.15) is 64.7 Å². The van der Waals surface area contributed by atoms with Gasteiger partial charge in [-0.3, -0.25) is 14.5 Å². The summed E-state index contributed by atoms with van der Waals surface area (Å²) < 4.78 is 0. The first kappa shape index (κ1) is 23.1. The molecular weight excluding hydrogens is 400 g/mol. The van der Waals surface area contributed by atoms with Crippen molar-refractivity contribution in [2.45, 2.75) is 70.8 Å². The van der Waals surface area contributed by atoms with Gasteiger partial charge in [0.15, 0.2) is 0 Å². The summed E-state index contributed by atoms with van der Waals surface area (Å²) in [6, 6.07) is 8.07. The highest BCUT2D eigenvalue weighted by atomic mass is 16.2. The summed E-state index contributed by atoms with van der Waals surface area (Å²) in [6.07, 6.45) is 10.3. The maximum absolute atomic E-state index is 12.9. The zero-order valence-electron chi connectivity index (χ0n) is 19.7. The molecule has 3 fully saturated rings. The molecule has 3 aliphatic rings. The fourth-order valence-electron chi connectivity index (χ4n) is 5.40. The number of carbonyl (C=O) groups excluding carboxylic acids is 2. The third kappa shape index (κ3) is 5.83. The van der Waals surface area contributed by atoms with Gasteiger partial charge in [0.25, 0.3) is 0 Å². The topological polar surface area (TPSA) is 55.9 Å². The lowest BCUT2D eigenvalue weighted by molar-refractivity contribution is -0.137. The number of benzene rings is 1. The fourth-order valence-corrected chi connectivity index (χ4v) is 5.40. The normalized spacial score (nSPS) is 22.3. The van der Waals surface area contributed by atoms with E-state index >= 15 is 0 Å². The second-order valence-electron chi connectivity index (χ2n) is 9.81. The number of hydrogen-bond acceptors (Lipinski definition) is 4. The van der Waals surface area contributed by atoms with Crippen LogP contribution in [-0.2, 0) is 9.59 Å². The quantitative estimate of drug-likeness (QED) is 0.748. The molecule has 0 saturated carbocycles. The third-order valence-corrected chi connectivity index (χ3v) is 7.58. The SMILES string of the molecule is CC(C(=O)Nc1ccc(N2CCCCC2)cc1)N1CCC(C(=O)N2CCCCCC2)CC1. The summed E-state index contributed by atoms with van der Waals surface area (Å²) >= 11 is 0. The molecule has 3 aliphatic heterocycles. The molecule has 1 atom stereocenters. The number of likely N-dealkylation sites (tertiary alicyclic amines) is 2. The number of anilines is 2. The Balaban J connectivity index is 1.24. The van der Waals surface area contributed by atoms with E-state index in [4.69, 9.17) is 0 Å². The Hall–Kier alpha value is -2.08. The number of nitrogens with one attached hydrogen (secondary N) is 1. The molecule has 32 heavy (non-hydrogen) atoms. The average Bonchev–Trinajstić information content (AvgIpc) is 3.14. The third-order valence-electron chi connectivity index (χ3n) is 7.58. The van der Waals surface area contributed by atoms with E-state index in [0.717, 1.165) is 70.6 Å². The smallest absolute Gasteiger partial charge is 0.241 e. The van der Waals surface area contributed by atoms with Crippen LogP contribution in [-0.4, -0.2) is 66.9 Å². The Kier molecular flexibility index (Phi) is 8.06. The van der Waals surface area contributed by atoms with E-state index in [2.05, 4.69) is 32.1 Å². The highest BCUT2D eigenvalue weighted by molar-refractivity contribution is 5.94. The van der Waals surface area contributed by atoms with Crippen molar-refractivity contribution in [2.75, 3.05) is 49.5 Å². The van der Waals surface area contributed by atoms with E-state index in [9.17, 15) is 9.59 Å². The Bertz CT molecular complexity index is 744. The van der Waals surface area contributed by atoms with Crippen LogP contribution in [0.25, 0.3) is 0 Å².